The maximum atomic E-state index is 9.85. The molecule has 0 saturated heterocycles. The highest BCUT2D eigenvalue weighted by atomic mass is 28.4. The Morgan fingerprint density at radius 1 is 1.05 bits per heavy atom. The van der Waals surface area contributed by atoms with E-state index in [1.165, 1.54) is 12.8 Å². The van der Waals surface area contributed by atoms with Gasteiger partial charge in [0.15, 0.2) is 0 Å². The Balaban J connectivity index is 2.48. The molecular formula is C17H34O2Si. The van der Waals surface area contributed by atoms with Gasteiger partial charge < -0.3 is 9.53 Å². The van der Waals surface area contributed by atoms with Crippen LogP contribution in [-0.2, 0) is 4.43 Å². The lowest BCUT2D eigenvalue weighted by molar-refractivity contribution is 0.142. The molecule has 0 spiro atoms. The molecule has 1 aliphatic carbocycles. The third-order valence-corrected chi connectivity index (χ3v) is 10.8. The Bertz CT molecular complexity index is 284. The molecule has 0 bridgehead atoms. The molecule has 1 aliphatic rings. The molecule has 1 fully saturated rings. The molecule has 0 heterocycles. The van der Waals surface area contributed by atoms with Crippen molar-refractivity contribution in [2.75, 3.05) is 0 Å². The topological polar surface area (TPSA) is 29.5 Å². The highest BCUT2D eigenvalue weighted by Crippen LogP contribution is 2.42. The first kappa shape index (κ1) is 17.8. The van der Waals surface area contributed by atoms with Crippen LogP contribution in [0.25, 0.3) is 0 Å². The van der Waals surface area contributed by atoms with Gasteiger partial charge in [0.05, 0.1) is 12.4 Å². The van der Waals surface area contributed by atoms with Crippen LogP contribution in [0.1, 0.15) is 67.2 Å². The second kappa shape index (κ2) is 7.65. The average Bonchev–Trinajstić information content (AvgIpc) is 3.15. The third-order valence-electron chi connectivity index (χ3n) is 4.87. The van der Waals surface area contributed by atoms with E-state index in [0.29, 0.717) is 22.5 Å². The molecule has 0 aromatic rings. The van der Waals surface area contributed by atoms with Gasteiger partial charge in [-0.1, -0.05) is 47.6 Å². The summed E-state index contributed by atoms with van der Waals surface area (Å²) in [6, 6.07) is 0. The van der Waals surface area contributed by atoms with Gasteiger partial charge in [-0.2, -0.15) is 0 Å². The summed E-state index contributed by atoms with van der Waals surface area (Å²) in [7, 11) is -1.76. The normalized spacial score (nSPS) is 18.5. The molecule has 0 amide bonds. The van der Waals surface area contributed by atoms with E-state index in [-0.39, 0.29) is 6.10 Å². The first-order chi connectivity index (χ1) is 9.32. The van der Waals surface area contributed by atoms with E-state index >= 15 is 0 Å². The first-order valence-corrected chi connectivity index (χ1v) is 10.5. The predicted molar refractivity (Wildman–Crippen MR) is 89.2 cm³/mol. The Hall–Kier alpha value is -0.283. The molecule has 20 heavy (non-hydrogen) atoms. The lowest BCUT2D eigenvalue weighted by Gasteiger charge is -2.41. The smallest absolute Gasteiger partial charge is 0.257 e. The van der Waals surface area contributed by atoms with Crippen molar-refractivity contribution in [3.8, 4) is 0 Å². The maximum Gasteiger partial charge on any atom is 0.257 e. The Morgan fingerprint density at radius 2 is 1.55 bits per heavy atom. The van der Waals surface area contributed by atoms with Crippen LogP contribution in [0.2, 0.25) is 16.6 Å². The zero-order valence-corrected chi connectivity index (χ0v) is 15.2. The van der Waals surface area contributed by atoms with Gasteiger partial charge in [0.1, 0.15) is 0 Å². The highest BCUT2D eigenvalue weighted by molar-refractivity contribution is 6.77. The van der Waals surface area contributed by atoms with Crippen molar-refractivity contribution in [3.05, 3.63) is 12.3 Å². The number of allylic oxidation sites excluding steroid dienone is 1. The van der Waals surface area contributed by atoms with Crippen molar-refractivity contribution in [2.24, 2.45) is 5.92 Å². The Kier molecular flexibility index (Phi) is 6.79. The molecular weight excluding hydrogens is 264 g/mol. The van der Waals surface area contributed by atoms with E-state index in [9.17, 15) is 5.11 Å². The van der Waals surface area contributed by atoms with Crippen LogP contribution < -0.4 is 0 Å². The van der Waals surface area contributed by atoms with Gasteiger partial charge in [-0.05, 0) is 48.2 Å². The summed E-state index contributed by atoms with van der Waals surface area (Å²) in [6.45, 7) is 13.8. The van der Waals surface area contributed by atoms with Crippen molar-refractivity contribution < 1.29 is 9.53 Å². The molecule has 118 valence electrons. The monoisotopic (exact) mass is 298 g/mol. The summed E-state index contributed by atoms with van der Waals surface area (Å²) < 4.78 is 6.35. The average molecular weight is 299 g/mol. The number of aliphatic hydroxyl groups is 1. The molecule has 2 nitrogen and oxygen atoms in total. The summed E-state index contributed by atoms with van der Waals surface area (Å²) in [6.07, 6.45) is 8.19. The zero-order valence-electron chi connectivity index (χ0n) is 14.2. The largest absolute Gasteiger partial charge is 0.548 e. The molecule has 1 saturated carbocycles. The van der Waals surface area contributed by atoms with Crippen molar-refractivity contribution in [3.63, 3.8) is 0 Å². The number of aliphatic hydroxyl groups excluding tert-OH is 1. The van der Waals surface area contributed by atoms with Crippen LogP contribution in [0.15, 0.2) is 12.3 Å². The number of hydrogen-bond donors (Lipinski definition) is 1. The molecule has 1 unspecified atom stereocenters. The van der Waals surface area contributed by atoms with Crippen LogP contribution in [-0.4, -0.2) is 19.5 Å². The van der Waals surface area contributed by atoms with Gasteiger partial charge in [-0.3, -0.25) is 0 Å². The van der Waals surface area contributed by atoms with Crippen molar-refractivity contribution in [1.82, 2.24) is 0 Å². The van der Waals surface area contributed by atoms with Crippen molar-refractivity contribution in [1.29, 1.82) is 0 Å². The summed E-state index contributed by atoms with van der Waals surface area (Å²) >= 11 is 0. The SMILES string of the molecule is CC(C)[Si](O/C=C/CCC(O)C1CC1)(C(C)C)C(C)C. The highest BCUT2D eigenvalue weighted by Gasteiger charge is 2.46. The molecule has 0 aromatic carbocycles. The minimum Gasteiger partial charge on any atom is -0.548 e. The second-order valence-corrected chi connectivity index (χ2v) is 12.7. The third kappa shape index (κ3) is 4.36. The zero-order chi connectivity index (χ0) is 15.3. The van der Waals surface area contributed by atoms with Gasteiger partial charge in [0, 0.05) is 0 Å². The summed E-state index contributed by atoms with van der Waals surface area (Å²) in [5.41, 5.74) is 1.85. The van der Waals surface area contributed by atoms with E-state index in [1.54, 1.807) is 0 Å². The van der Waals surface area contributed by atoms with Gasteiger partial charge in [-0.15, -0.1) is 0 Å². The molecule has 1 rings (SSSR count). The van der Waals surface area contributed by atoms with Crippen LogP contribution in [0, 0.1) is 5.92 Å². The van der Waals surface area contributed by atoms with E-state index in [0.717, 1.165) is 12.8 Å². The van der Waals surface area contributed by atoms with Gasteiger partial charge in [0.25, 0.3) is 8.32 Å². The lowest BCUT2D eigenvalue weighted by Crippen LogP contribution is -2.46. The van der Waals surface area contributed by atoms with Crippen LogP contribution >= 0.6 is 0 Å². The predicted octanol–water partition coefficient (Wildman–Crippen LogP) is 5.24. The number of hydrogen-bond acceptors (Lipinski definition) is 2. The van der Waals surface area contributed by atoms with E-state index in [2.05, 4.69) is 47.6 Å². The molecule has 0 aliphatic heterocycles. The Labute approximate surface area is 126 Å². The lowest BCUT2D eigenvalue weighted by atomic mass is 10.1. The summed E-state index contributed by atoms with van der Waals surface area (Å²) in [5.74, 6) is 0.583. The molecule has 1 N–H and O–H groups in total. The van der Waals surface area contributed by atoms with Crippen molar-refractivity contribution >= 4 is 8.32 Å². The fourth-order valence-electron chi connectivity index (χ4n) is 3.63. The second-order valence-electron chi connectivity index (χ2n) is 7.29. The fourth-order valence-corrected chi connectivity index (χ4v) is 8.77. The van der Waals surface area contributed by atoms with E-state index < -0.39 is 8.32 Å². The van der Waals surface area contributed by atoms with Crippen LogP contribution in [0.4, 0.5) is 0 Å². The minimum atomic E-state index is -1.76. The molecule has 1 atom stereocenters. The summed E-state index contributed by atoms with van der Waals surface area (Å²) in [5, 5.41) is 9.85. The first-order valence-electron chi connectivity index (χ1n) is 8.33. The standard InChI is InChI=1S/C17H34O2Si/c1-13(2)20(14(3)4,15(5)6)19-12-8-7-9-17(18)16-10-11-16/h8,12-18H,7,9-11H2,1-6H3/b12-8+. The maximum absolute atomic E-state index is 9.85. The van der Waals surface area contributed by atoms with E-state index in [1.807, 2.05) is 6.26 Å². The van der Waals surface area contributed by atoms with Gasteiger partial charge in [-0.25, -0.2) is 0 Å². The number of rotatable bonds is 9. The molecule has 0 radical (unpaired) electrons. The minimum absolute atomic E-state index is 0.0954. The molecule has 0 aromatic heterocycles. The quantitative estimate of drug-likeness (QED) is 0.466. The van der Waals surface area contributed by atoms with Crippen molar-refractivity contribution in [2.45, 2.75) is 90.0 Å². The van der Waals surface area contributed by atoms with Gasteiger partial charge >= 0.3 is 0 Å². The van der Waals surface area contributed by atoms with Crippen LogP contribution in [0.5, 0.6) is 0 Å². The Morgan fingerprint density at radius 3 is 1.95 bits per heavy atom. The molecule has 3 heteroatoms. The van der Waals surface area contributed by atoms with Crippen LogP contribution in [0.3, 0.4) is 0 Å². The van der Waals surface area contributed by atoms with Gasteiger partial charge in [0.2, 0.25) is 0 Å². The van der Waals surface area contributed by atoms with E-state index in [4.69, 9.17) is 4.43 Å². The fraction of sp³-hybridized carbons (Fsp3) is 0.882. The summed E-state index contributed by atoms with van der Waals surface area (Å²) in [4.78, 5) is 0.